The third-order valence-electron chi connectivity index (χ3n) is 8.48. The van der Waals surface area contributed by atoms with Crippen LogP contribution in [0.25, 0.3) is 22.6 Å². The number of ether oxygens (including phenoxy) is 1. The van der Waals surface area contributed by atoms with E-state index in [-0.39, 0.29) is 24.0 Å². The molecule has 13 nitrogen and oxygen atoms in total. The zero-order valence-corrected chi connectivity index (χ0v) is 31.6. The third kappa shape index (κ3) is 10.9. The largest absolute Gasteiger partial charge is 0.519 e. The van der Waals surface area contributed by atoms with Crippen LogP contribution in [0.1, 0.15) is 41.1 Å². The van der Waals surface area contributed by atoms with E-state index in [0.29, 0.717) is 41.3 Å². The van der Waals surface area contributed by atoms with Crippen molar-refractivity contribution in [2.75, 3.05) is 0 Å². The molecule has 0 spiro atoms. The van der Waals surface area contributed by atoms with Crippen LogP contribution in [0, 0.1) is 0 Å². The highest BCUT2D eigenvalue weighted by atomic mass is 32.2. The van der Waals surface area contributed by atoms with E-state index in [1.165, 1.54) is 0 Å². The number of aryl methyl sites for hydroxylation is 1. The molecule has 2 heterocycles. The highest BCUT2D eigenvalue weighted by Gasteiger charge is 2.46. The van der Waals surface area contributed by atoms with Gasteiger partial charge in [0.25, 0.3) is 10.1 Å². The molecule has 0 aliphatic heterocycles. The third-order valence-corrected chi connectivity index (χ3v) is 12.9. The van der Waals surface area contributed by atoms with Crippen molar-refractivity contribution in [3.63, 3.8) is 0 Å². The van der Waals surface area contributed by atoms with E-state index >= 15 is 0 Å². The highest BCUT2D eigenvalue weighted by molar-refractivity contribution is 7.94. The quantitative estimate of drug-likeness (QED) is 0.0551. The summed E-state index contributed by atoms with van der Waals surface area (Å²) >= 11 is 0. The number of alkyl halides is 6. The predicted octanol–water partition coefficient (Wildman–Crippen LogP) is 10.1. The summed E-state index contributed by atoms with van der Waals surface area (Å²) in [7, 11) is -10.7. The Balaban J connectivity index is 1.29. The second-order valence-corrected chi connectivity index (χ2v) is 16.7. The van der Waals surface area contributed by atoms with Gasteiger partial charge in [-0.1, -0.05) is 54.6 Å². The molecule has 2 aromatic heterocycles. The molecule has 0 aliphatic rings. The Morgan fingerprint density at radius 3 is 1.58 bits per heavy atom. The van der Waals surface area contributed by atoms with Gasteiger partial charge >= 0.3 is 31.6 Å². The summed E-state index contributed by atoms with van der Waals surface area (Å²) in [5.41, 5.74) is -1.73. The summed E-state index contributed by atoms with van der Waals surface area (Å²) in [5.74, 6) is -3.90. The van der Waals surface area contributed by atoms with Gasteiger partial charge in [0, 0.05) is 11.1 Å². The van der Waals surface area contributed by atoms with E-state index in [1.807, 2.05) is 0 Å². The molecule has 1 unspecified atom stereocenters. The molecule has 0 radical (unpaired) electrons. The number of para-hydroxylation sites is 1. The van der Waals surface area contributed by atoms with Crippen molar-refractivity contribution in [1.82, 2.24) is 0 Å². The van der Waals surface area contributed by atoms with Crippen LogP contribution in [-0.2, 0) is 55.7 Å². The minimum Gasteiger partial charge on any atom is -0.457 e. The minimum absolute atomic E-state index is 0.0921. The van der Waals surface area contributed by atoms with Crippen molar-refractivity contribution < 1.29 is 75.3 Å². The van der Waals surface area contributed by atoms with Gasteiger partial charge in [-0.2, -0.15) is 34.8 Å². The lowest BCUT2D eigenvalue weighted by Gasteiger charge is -2.24. The molecule has 6 rings (SSSR count). The fourth-order valence-electron chi connectivity index (χ4n) is 5.71. The molecule has 1 N–H and O–H groups in total. The standard InChI is InChI=1S/C38H29F6O13PS/c39-37(40,41)26-16-12-24(13-17-26)33-30(54-35(45)56-33)21-51-58(47,52-22-31-34(57-36(46)55-31)25-14-18-27(19-15-25)38(42,43)44)32(59(48,49)50)11-5-7-23-6-4-10-29(20-23)53-28-8-2-1-3-9-28/h1-4,6,8-10,12-20,32H,5,7,11,21-22H2,(H,48,49,50). The zero-order valence-electron chi connectivity index (χ0n) is 29.9. The molecule has 0 fully saturated rings. The monoisotopic (exact) mass is 870 g/mol. The number of halogens is 6. The molecule has 21 heteroatoms. The molecule has 0 bridgehead atoms. The van der Waals surface area contributed by atoms with E-state index in [1.54, 1.807) is 54.6 Å². The summed E-state index contributed by atoms with van der Waals surface area (Å²) < 4.78 is 167. The van der Waals surface area contributed by atoms with E-state index < -0.39 is 101 Å². The summed E-state index contributed by atoms with van der Waals surface area (Å²) in [6, 6.07) is 21.9. The van der Waals surface area contributed by atoms with E-state index in [9.17, 15) is 53.5 Å². The number of hydrogen-bond donors (Lipinski definition) is 1. The Hall–Kier alpha value is -5.66. The first-order valence-electron chi connectivity index (χ1n) is 17.1. The first-order chi connectivity index (χ1) is 27.8. The lowest BCUT2D eigenvalue weighted by atomic mass is 10.1. The molecule has 1 atom stereocenters. The Morgan fingerprint density at radius 1 is 0.644 bits per heavy atom. The average molecular weight is 871 g/mol. The van der Waals surface area contributed by atoms with Gasteiger partial charge in [0.2, 0.25) is 0 Å². The molecule has 4 aromatic carbocycles. The lowest BCUT2D eigenvalue weighted by Crippen LogP contribution is -2.23. The van der Waals surface area contributed by atoms with Crippen LogP contribution in [0.15, 0.2) is 130 Å². The molecule has 0 aliphatic carbocycles. The van der Waals surface area contributed by atoms with Crippen molar-refractivity contribution >= 4 is 17.7 Å². The summed E-state index contributed by atoms with van der Waals surface area (Å²) in [4.78, 5) is 22.0. The van der Waals surface area contributed by atoms with Crippen molar-refractivity contribution in [3.05, 3.63) is 153 Å². The van der Waals surface area contributed by atoms with Crippen molar-refractivity contribution in [2.45, 2.75) is 49.8 Å². The maximum Gasteiger partial charge on any atom is 0.519 e. The van der Waals surface area contributed by atoms with Gasteiger partial charge in [0.1, 0.15) is 24.7 Å². The lowest BCUT2D eigenvalue weighted by molar-refractivity contribution is -0.138. The predicted molar refractivity (Wildman–Crippen MR) is 194 cm³/mol. The maximum atomic E-state index is 14.7. The van der Waals surface area contributed by atoms with Crippen LogP contribution in [-0.4, -0.2) is 18.0 Å². The second-order valence-electron chi connectivity index (χ2n) is 12.6. The smallest absolute Gasteiger partial charge is 0.457 e. The molecule has 0 saturated heterocycles. The molecule has 6 aromatic rings. The van der Waals surface area contributed by atoms with Gasteiger partial charge in [-0.15, -0.1) is 0 Å². The van der Waals surface area contributed by atoms with E-state index in [0.717, 1.165) is 24.3 Å². The molecule has 0 saturated carbocycles. The Bertz CT molecular complexity index is 2530. The average Bonchev–Trinajstić information content (AvgIpc) is 3.75. The van der Waals surface area contributed by atoms with Crippen LogP contribution < -0.4 is 16.4 Å². The fraction of sp³-hybridized carbons (Fsp3) is 0.211. The number of rotatable bonds is 16. The zero-order chi connectivity index (χ0) is 42.6. The molecular formula is C38H29F6O13PS. The van der Waals surface area contributed by atoms with Gasteiger partial charge in [0.15, 0.2) is 28.0 Å². The van der Waals surface area contributed by atoms with Gasteiger partial charge < -0.3 is 22.4 Å². The van der Waals surface area contributed by atoms with Crippen molar-refractivity contribution in [1.29, 1.82) is 0 Å². The Kier molecular flexibility index (Phi) is 12.6. The SMILES string of the molecule is O=c1oc(COP(=O)(OCc2oc(=O)oc2-c2ccc(C(F)(F)F)cc2)C(CCCc2cccc(Oc3ccccc3)c2)S(=O)(=O)O)c(-c2ccc(C(F)(F)F)cc2)o1. The highest BCUT2D eigenvalue weighted by Crippen LogP contribution is 2.58. The van der Waals surface area contributed by atoms with Gasteiger partial charge in [0.05, 0.1) is 11.1 Å². The number of hydrogen-bond acceptors (Lipinski definition) is 12. The second kappa shape index (κ2) is 17.3. The Morgan fingerprint density at radius 2 is 1.12 bits per heavy atom. The molecule has 59 heavy (non-hydrogen) atoms. The minimum atomic E-state index is -5.37. The van der Waals surface area contributed by atoms with Gasteiger partial charge in [-0.3, -0.25) is 18.2 Å². The van der Waals surface area contributed by atoms with E-state index in [2.05, 4.69) is 0 Å². The van der Waals surface area contributed by atoms with Gasteiger partial charge in [-0.05, 0) is 73.4 Å². The van der Waals surface area contributed by atoms with Gasteiger partial charge in [-0.25, -0.2) is 9.59 Å². The molecular weight excluding hydrogens is 841 g/mol. The van der Waals surface area contributed by atoms with Crippen LogP contribution in [0.4, 0.5) is 26.3 Å². The van der Waals surface area contributed by atoms with Crippen LogP contribution in [0.5, 0.6) is 11.5 Å². The number of benzene rings is 4. The fourth-order valence-corrected chi connectivity index (χ4v) is 9.34. The van der Waals surface area contributed by atoms with Crippen molar-refractivity contribution in [2.24, 2.45) is 0 Å². The normalized spacial score (nSPS) is 13.1. The molecule has 0 amide bonds. The van der Waals surface area contributed by atoms with E-state index in [4.69, 9.17) is 31.5 Å². The van der Waals surface area contributed by atoms with Crippen LogP contribution in [0.2, 0.25) is 0 Å². The van der Waals surface area contributed by atoms with Crippen molar-refractivity contribution in [3.8, 4) is 34.1 Å². The summed E-state index contributed by atoms with van der Waals surface area (Å²) in [6.45, 7) is -2.18. The van der Waals surface area contributed by atoms with Crippen LogP contribution in [0.3, 0.4) is 0 Å². The Labute approximate surface area is 329 Å². The molecule has 312 valence electrons. The summed E-state index contributed by atoms with van der Waals surface area (Å²) in [6.07, 6.45) is -10.00. The first kappa shape index (κ1) is 42.9. The first-order valence-corrected chi connectivity index (χ1v) is 20.2. The summed E-state index contributed by atoms with van der Waals surface area (Å²) in [5, 5.41) is 0. The van der Waals surface area contributed by atoms with Crippen LogP contribution >= 0.6 is 7.60 Å². The topological polar surface area (TPSA) is 186 Å². The maximum absolute atomic E-state index is 14.7.